The first-order valence-corrected chi connectivity index (χ1v) is 14.6. The molecule has 3 N–H and O–H groups in total. The van der Waals surface area contributed by atoms with Crippen LogP contribution >= 0.6 is 0 Å². The van der Waals surface area contributed by atoms with Crippen molar-refractivity contribution in [3.8, 4) is 17.0 Å². The molecule has 0 radical (unpaired) electrons. The maximum atomic E-state index is 13.1. The molecule has 1 aromatic carbocycles. The Labute approximate surface area is 250 Å². The second-order valence-electron chi connectivity index (χ2n) is 11.8. The average molecular weight is 606 g/mol. The van der Waals surface area contributed by atoms with Crippen molar-refractivity contribution in [2.24, 2.45) is 5.41 Å². The predicted octanol–water partition coefficient (Wildman–Crippen LogP) is 5.30. The van der Waals surface area contributed by atoms with Gasteiger partial charge in [-0.25, -0.2) is 15.0 Å². The van der Waals surface area contributed by atoms with E-state index in [4.69, 9.17) is 15.5 Å². The van der Waals surface area contributed by atoms with E-state index in [1.807, 2.05) is 15.5 Å². The maximum absolute atomic E-state index is 13.1. The number of fused-ring (bicyclic) bond motifs is 3. The summed E-state index contributed by atoms with van der Waals surface area (Å²) in [5.41, 5.74) is 7.49. The number of hydrogen-bond donors (Lipinski definition) is 2. The monoisotopic (exact) mass is 605 g/mol. The number of carbonyl (C=O) groups is 2. The fourth-order valence-corrected chi connectivity index (χ4v) is 6.85. The van der Waals surface area contributed by atoms with Crippen LogP contribution in [0.3, 0.4) is 0 Å². The smallest absolute Gasteiger partial charge is 0.416 e. The molecule has 228 valence electrons. The summed E-state index contributed by atoms with van der Waals surface area (Å²) in [5.74, 6) is 0.715. The standard InChI is InChI=1S/C31H30F3N7O3/c1-2-44-21-13-17(29(43)38-23-14-19(7-10-36-23)31(32,33)34)3-5-20(21)25-26-27(35)37-11-12-40(26)28(39-25)18-4-6-22-30(8-9-30)15-24(42)41(22)16-18/h3,5,7,10-14,18,22H,2,4,6,8-9,15-16H2,1H3,(H2,35,37)(H,36,38,43)/t18-,22+/m1/s1. The van der Waals surface area contributed by atoms with Crippen molar-refractivity contribution in [1.82, 2.24) is 24.3 Å². The third-order valence-corrected chi connectivity index (χ3v) is 9.11. The van der Waals surface area contributed by atoms with Crippen LogP contribution in [-0.2, 0) is 11.0 Å². The van der Waals surface area contributed by atoms with Gasteiger partial charge in [-0.3, -0.25) is 14.0 Å². The van der Waals surface area contributed by atoms with Crippen molar-refractivity contribution in [2.45, 2.75) is 57.2 Å². The number of nitrogens with one attached hydrogen (secondary N) is 1. The van der Waals surface area contributed by atoms with Gasteiger partial charge in [-0.1, -0.05) is 0 Å². The molecule has 3 fully saturated rings. The lowest BCUT2D eigenvalue weighted by Crippen LogP contribution is -2.43. The number of ether oxygens (including phenoxy) is 1. The first-order chi connectivity index (χ1) is 21.1. The molecule has 5 heterocycles. The zero-order valence-corrected chi connectivity index (χ0v) is 23.9. The Bertz CT molecular complexity index is 1800. The third kappa shape index (κ3) is 4.70. The van der Waals surface area contributed by atoms with Gasteiger partial charge in [-0.15, -0.1) is 0 Å². The average Bonchev–Trinajstić information content (AvgIpc) is 3.58. The highest BCUT2D eigenvalue weighted by atomic mass is 19.4. The number of carbonyl (C=O) groups excluding carboxylic acids is 2. The number of nitrogens with zero attached hydrogens (tertiary/aromatic N) is 5. The molecule has 1 spiro atoms. The number of alkyl halides is 3. The number of anilines is 2. The summed E-state index contributed by atoms with van der Waals surface area (Å²) in [5, 5.41) is 2.43. The van der Waals surface area contributed by atoms with Crippen LogP contribution in [0.4, 0.5) is 24.8 Å². The van der Waals surface area contributed by atoms with E-state index < -0.39 is 17.6 Å². The van der Waals surface area contributed by atoms with Crippen molar-refractivity contribution < 1.29 is 27.5 Å². The highest BCUT2D eigenvalue weighted by molar-refractivity contribution is 6.04. The van der Waals surface area contributed by atoms with Crippen molar-refractivity contribution in [1.29, 1.82) is 0 Å². The molecule has 3 aliphatic rings. The molecule has 0 unspecified atom stereocenters. The number of amides is 2. The molecule has 1 aliphatic carbocycles. The predicted molar refractivity (Wildman–Crippen MR) is 155 cm³/mol. The van der Waals surface area contributed by atoms with Gasteiger partial charge in [-0.05, 0) is 68.4 Å². The first-order valence-electron chi connectivity index (χ1n) is 14.6. The van der Waals surface area contributed by atoms with E-state index in [1.165, 1.54) is 6.07 Å². The largest absolute Gasteiger partial charge is 0.493 e. The molecular weight excluding hydrogens is 575 g/mol. The van der Waals surface area contributed by atoms with Crippen LogP contribution in [0.15, 0.2) is 48.9 Å². The second kappa shape index (κ2) is 10.2. The molecule has 7 rings (SSSR count). The number of rotatable bonds is 6. The number of nitrogen functional groups attached to an aromatic ring is 1. The number of piperidine rings is 1. The van der Waals surface area contributed by atoms with E-state index in [9.17, 15) is 22.8 Å². The van der Waals surface area contributed by atoms with Gasteiger partial charge in [-0.2, -0.15) is 13.2 Å². The summed E-state index contributed by atoms with van der Waals surface area (Å²) in [6.45, 7) is 2.67. The van der Waals surface area contributed by atoms with Crippen molar-refractivity contribution in [3.05, 3.63) is 65.9 Å². The van der Waals surface area contributed by atoms with Crippen LogP contribution in [0.5, 0.6) is 5.75 Å². The number of benzene rings is 1. The molecule has 10 nitrogen and oxygen atoms in total. The summed E-state index contributed by atoms with van der Waals surface area (Å²) in [6.07, 6.45) is 4.52. The van der Waals surface area contributed by atoms with Gasteiger partial charge in [0.1, 0.15) is 34.4 Å². The lowest BCUT2D eigenvalue weighted by Gasteiger charge is -2.37. The van der Waals surface area contributed by atoms with Crippen LogP contribution < -0.4 is 15.8 Å². The minimum absolute atomic E-state index is 0.00675. The lowest BCUT2D eigenvalue weighted by molar-refractivity contribution is -0.137. The molecular formula is C31H30F3N7O3. The van der Waals surface area contributed by atoms with Crippen molar-refractivity contribution in [2.75, 3.05) is 24.2 Å². The summed E-state index contributed by atoms with van der Waals surface area (Å²) < 4.78 is 47.3. The van der Waals surface area contributed by atoms with E-state index >= 15 is 0 Å². The van der Waals surface area contributed by atoms with Crippen LogP contribution in [0.2, 0.25) is 0 Å². The van der Waals surface area contributed by atoms with Crippen LogP contribution in [0, 0.1) is 5.41 Å². The second-order valence-corrected chi connectivity index (χ2v) is 11.8. The lowest BCUT2D eigenvalue weighted by atomic mass is 9.86. The molecule has 2 aliphatic heterocycles. The molecule has 2 atom stereocenters. The number of hydrogen-bond acceptors (Lipinski definition) is 7. The van der Waals surface area contributed by atoms with E-state index in [1.54, 1.807) is 25.3 Å². The van der Waals surface area contributed by atoms with Crippen LogP contribution in [0.1, 0.15) is 66.7 Å². The van der Waals surface area contributed by atoms with Crippen molar-refractivity contribution in [3.63, 3.8) is 0 Å². The normalized spacial score (nSPS) is 20.6. The van der Waals surface area contributed by atoms with Crippen molar-refractivity contribution >= 4 is 29.0 Å². The van der Waals surface area contributed by atoms with Gasteiger partial charge in [0.25, 0.3) is 5.91 Å². The minimum Gasteiger partial charge on any atom is -0.493 e. The molecule has 3 aromatic heterocycles. The van der Waals surface area contributed by atoms with E-state index in [2.05, 4.69) is 15.3 Å². The fourth-order valence-electron chi connectivity index (χ4n) is 6.85. The Morgan fingerprint density at radius 3 is 2.73 bits per heavy atom. The fraction of sp³-hybridized carbons (Fsp3) is 0.387. The molecule has 13 heteroatoms. The number of aromatic nitrogens is 4. The highest BCUT2D eigenvalue weighted by Crippen LogP contribution is 2.60. The Morgan fingerprint density at radius 2 is 1.98 bits per heavy atom. The third-order valence-electron chi connectivity index (χ3n) is 9.11. The zero-order valence-electron chi connectivity index (χ0n) is 23.9. The highest BCUT2D eigenvalue weighted by Gasteiger charge is 2.60. The van der Waals surface area contributed by atoms with Crippen LogP contribution in [-0.4, -0.2) is 55.3 Å². The number of imidazole rings is 1. The number of pyridine rings is 1. The van der Waals surface area contributed by atoms with Gasteiger partial charge in [0.15, 0.2) is 0 Å². The topological polar surface area (TPSA) is 128 Å². The van der Waals surface area contributed by atoms with Crippen LogP contribution in [0.25, 0.3) is 16.8 Å². The van der Waals surface area contributed by atoms with E-state index in [0.29, 0.717) is 41.5 Å². The Balaban J connectivity index is 1.23. The SMILES string of the molecule is CCOc1cc(C(=O)Nc2cc(C(F)(F)F)ccn2)ccc1-c1nc([C@@H]2CC[C@@H]3N(C2)C(=O)CC32CC2)n2ccnc(N)c12. The summed E-state index contributed by atoms with van der Waals surface area (Å²) >= 11 is 0. The molecule has 4 aromatic rings. The Hall–Kier alpha value is -4.68. The zero-order chi connectivity index (χ0) is 30.8. The maximum Gasteiger partial charge on any atom is 0.416 e. The minimum atomic E-state index is -4.57. The number of halogens is 3. The molecule has 2 saturated heterocycles. The molecule has 2 amide bonds. The Morgan fingerprint density at radius 1 is 1.16 bits per heavy atom. The Kier molecular flexibility index (Phi) is 6.52. The van der Waals surface area contributed by atoms with Gasteiger partial charge >= 0.3 is 6.18 Å². The van der Waals surface area contributed by atoms with Gasteiger partial charge in [0.05, 0.1) is 12.2 Å². The molecule has 0 bridgehead atoms. The quantitative estimate of drug-likeness (QED) is 0.305. The van der Waals surface area contributed by atoms with E-state index in [0.717, 1.165) is 49.8 Å². The van der Waals surface area contributed by atoms with E-state index in [-0.39, 0.29) is 41.0 Å². The van der Waals surface area contributed by atoms with Gasteiger partial charge in [0.2, 0.25) is 5.91 Å². The summed E-state index contributed by atoms with van der Waals surface area (Å²) in [4.78, 5) is 41.2. The number of nitrogens with two attached hydrogens (primary N) is 1. The molecule has 1 saturated carbocycles. The summed E-state index contributed by atoms with van der Waals surface area (Å²) in [7, 11) is 0. The van der Waals surface area contributed by atoms with Gasteiger partial charge < -0.3 is 20.7 Å². The van der Waals surface area contributed by atoms with Gasteiger partial charge in [0, 0.05) is 54.6 Å². The molecule has 44 heavy (non-hydrogen) atoms. The first kappa shape index (κ1) is 28.1. The summed E-state index contributed by atoms with van der Waals surface area (Å²) in [6, 6.07) is 6.65.